The summed E-state index contributed by atoms with van der Waals surface area (Å²) < 4.78 is 30.1. The Balaban J connectivity index is 2.79. The van der Waals surface area contributed by atoms with E-state index in [9.17, 15) is 13.2 Å². The summed E-state index contributed by atoms with van der Waals surface area (Å²) in [7, 11) is -0.592. The fraction of sp³-hybridized carbons (Fsp3) is 0.900. The first-order chi connectivity index (χ1) is 7.93. The summed E-state index contributed by atoms with van der Waals surface area (Å²) in [5.74, 6) is -0.711. The zero-order valence-corrected chi connectivity index (χ0v) is 11.3. The first kappa shape index (κ1) is 14.4. The van der Waals surface area contributed by atoms with Crippen molar-refractivity contribution in [2.24, 2.45) is 0 Å². The maximum atomic E-state index is 12.1. The van der Waals surface area contributed by atoms with Gasteiger partial charge in [-0.1, -0.05) is 0 Å². The Morgan fingerprint density at radius 1 is 1.53 bits per heavy atom. The molecule has 0 aromatic carbocycles. The molecule has 6 nitrogen and oxygen atoms in total. The number of methoxy groups -OCH3 is 1. The van der Waals surface area contributed by atoms with Crippen LogP contribution in [0.5, 0.6) is 0 Å². The minimum absolute atomic E-state index is 0.156. The average molecular weight is 264 g/mol. The Kier molecular flexibility index (Phi) is 4.91. The van der Waals surface area contributed by atoms with Crippen molar-refractivity contribution in [3.05, 3.63) is 0 Å². The number of hydrogen-bond acceptors (Lipinski definition) is 5. The Labute approximate surface area is 102 Å². The molecule has 1 aliphatic rings. The second-order valence-electron chi connectivity index (χ2n) is 4.20. The van der Waals surface area contributed by atoms with Crippen LogP contribution in [0.4, 0.5) is 0 Å². The van der Waals surface area contributed by atoms with Crippen LogP contribution in [0.25, 0.3) is 0 Å². The van der Waals surface area contributed by atoms with Gasteiger partial charge in [-0.05, 0) is 26.8 Å². The van der Waals surface area contributed by atoms with E-state index in [0.29, 0.717) is 13.1 Å². The minimum atomic E-state index is -3.60. The quantitative estimate of drug-likeness (QED) is 0.697. The third-order valence-electron chi connectivity index (χ3n) is 3.13. The van der Waals surface area contributed by atoms with Crippen molar-refractivity contribution in [3.63, 3.8) is 0 Å². The maximum Gasteiger partial charge on any atom is 0.325 e. The third kappa shape index (κ3) is 3.17. The predicted molar refractivity (Wildman–Crippen MR) is 64.1 cm³/mol. The van der Waals surface area contributed by atoms with Crippen molar-refractivity contribution < 1.29 is 17.9 Å². The molecule has 1 heterocycles. The summed E-state index contributed by atoms with van der Waals surface area (Å²) in [6, 6.07) is 0.156. The highest BCUT2D eigenvalue weighted by molar-refractivity contribution is 7.90. The van der Waals surface area contributed by atoms with Crippen molar-refractivity contribution in [1.29, 1.82) is 0 Å². The summed E-state index contributed by atoms with van der Waals surface area (Å²) >= 11 is 0. The Hall–Kier alpha value is -0.660. The van der Waals surface area contributed by atoms with Crippen LogP contribution in [0.3, 0.4) is 0 Å². The van der Waals surface area contributed by atoms with Crippen LogP contribution in [0.1, 0.15) is 19.8 Å². The lowest BCUT2D eigenvalue weighted by molar-refractivity contribution is -0.139. The highest BCUT2D eigenvalue weighted by Gasteiger charge is 2.36. The number of carbonyl (C=O) groups is 1. The van der Waals surface area contributed by atoms with E-state index in [1.807, 2.05) is 7.05 Å². The largest absolute Gasteiger partial charge is 0.468 e. The van der Waals surface area contributed by atoms with E-state index in [4.69, 9.17) is 0 Å². The number of esters is 1. The minimum Gasteiger partial charge on any atom is -0.468 e. The number of piperidine rings is 1. The van der Waals surface area contributed by atoms with Gasteiger partial charge in [0.25, 0.3) is 0 Å². The highest BCUT2D eigenvalue weighted by atomic mass is 32.2. The van der Waals surface area contributed by atoms with Crippen LogP contribution >= 0.6 is 0 Å². The van der Waals surface area contributed by atoms with E-state index in [1.165, 1.54) is 18.3 Å². The highest BCUT2D eigenvalue weighted by Crippen LogP contribution is 2.17. The first-order valence-corrected chi connectivity index (χ1v) is 7.17. The van der Waals surface area contributed by atoms with E-state index < -0.39 is 21.2 Å². The van der Waals surface area contributed by atoms with Crippen LogP contribution in [0.2, 0.25) is 0 Å². The Morgan fingerprint density at radius 3 is 2.71 bits per heavy atom. The molecule has 1 rings (SSSR count). The van der Waals surface area contributed by atoms with Gasteiger partial charge in [-0.25, -0.2) is 8.42 Å². The van der Waals surface area contributed by atoms with Crippen LogP contribution in [-0.2, 0) is 19.6 Å². The van der Waals surface area contributed by atoms with Crippen molar-refractivity contribution >= 4 is 16.0 Å². The van der Waals surface area contributed by atoms with Crippen molar-refractivity contribution in [3.8, 4) is 0 Å². The lowest BCUT2D eigenvalue weighted by atomic mass is 10.1. The van der Waals surface area contributed by atoms with E-state index in [2.05, 4.69) is 10.1 Å². The fourth-order valence-corrected chi connectivity index (χ4v) is 3.48. The second kappa shape index (κ2) is 5.79. The Morgan fingerprint density at radius 2 is 2.18 bits per heavy atom. The number of ether oxygens (including phenoxy) is 1. The number of carbonyl (C=O) groups excluding carboxylic acids is 1. The summed E-state index contributed by atoms with van der Waals surface area (Å²) in [6.07, 6.45) is 1.76. The zero-order valence-electron chi connectivity index (χ0n) is 10.5. The standard InChI is InChI=1S/C10H20N2O4S/c1-8(10(13)16-3)17(14,15)12-6-4-5-9(7-12)11-2/h8-9,11H,4-7H2,1-3H3. The number of nitrogens with one attached hydrogen (secondary N) is 1. The molecule has 2 atom stereocenters. The molecule has 2 unspecified atom stereocenters. The molecule has 100 valence electrons. The molecule has 0 bridgehead atoms. The van der Waals surface area contributed by atoms with E-state index in [1.54, 1.807) is 0 Å². The number of nitrogens with zero attached hydrogens (tertiary/aromatic N) is 1. The van der Waals surface area contributed by atoms with E-state index in [0.717, 1.165) is 12.8 Å². The molecule has 7 heteroatoms. The van der Waals surface area contributed by atoms with Gasteiger partial charge in [-0.15, -0.1) is 0 Å². The monoisotopic (exact) mass is 264 g/mol. The van der Waals surface area contributed by atoms with Gasteiger partial charge < -0.3 is 10.1 Å². The van der Waals surface area contributed by atoms with Crippen LogP contribution in [0, 0.1) is 0 Å². The number of hydrogen-bond donors (Lipinski definition) is 1. The fourth-order valence-electron chi connectivity index (χ4n) is 1.92. The summed E-state index contributed by atoms with van der Waals surface area (Å²) in [6.45, 7) is 2.26. The molecule has 17 heavy (non-hydrogen) atoms. The summed E-state index contributed by atoms with van der Waals surface area (Å²) in [5, 5.41) is 1.93. The lowest BCUT2D eigenvalue weighted by Crippen LogP contribution is -2.50. The first-order valence-electron chi connectivity index (χ1n) is 5.67. The molecule has 1 saturated heterocycles. The Bertz CT molecular complexity index is 369. The van der Waals surface area contributed by atoms with E-state index in [-0.39, 0.29) is 6.04 Å². The van der Waals surface area contributed by atoms with Gasteiger partial charge in [0.15, 0.2) is 5.25 Å². The van der Waals surface area contributed by atoms with Gasteiger partial charge in [0.05, 0.1) is 7.11 Å². The van der Waals surface area contributed by atoms with Crippen molar-refractivity contribution in [2.75, 3.05) is 27.2 Å². The lowest BCUT2D eigenvalue weighted by Gasteiger charge is -2.32. The molecule has 0 amide bonds. The molecule has 1 aliphatic heterocycles. The van der Waals surface area contributed by atoms with Gasteiger partial charge in [-0.2, -0.15) is 4.31 Å². The number of likely N-dealkylation sites (N-methyl/N-ethyl adjacent to an activating group) is 1. The molecule has 0 aromatic heterocycles. The smallest absolute Gasteiger partial charge is 0.325 e. The SMILES string of the molecule is CNC1CCCN(S(=O)(=O)C(C)C(=O)OC)C1. The second-order valence-corrected chi connectivity index (χ2v) is 6.45. The van der Waals surface area contributed by atoms with Gasteiger partial charge in [0, 0.05) is 19.1 Å². The molecule has 0 aromatic rings. The van der Waals surface area contributed by atoms with Crippen LogP contribution in [-0.4, -0.2) is 57.2 Å². The average Bonchev–Trinajstić information content (AvgIpc) is 2.36. The summed E-state index contributed by atoms with van der Waals surface area (Å²) in [5.41, 5.74) is 0. The van der Waals surface area contributed by atoms with Gasteiger partial charge in [0.1, 0.15) is 0 Å². The summed E-state index contributed by atoms with van der Waals surface area (Å²) in [4.78, 5) is 11.3. The van der Waals surface area contributed by atoms with Gasteiger partial charge >= 0.3 is 5.97 Å². The molecule has 1 N–H and O–H groups in total. The van der Waals surface area contributed by atoms with Crippen molar-refractivity contribution in [1.82, 2.24) is 9.62 Å². The van der Waals surface area contributed by atoms with E-state index >= 15 is 0 Å². The maximum absolute atomic E-state index is 12.1. The zero-order chi connectivity index (χ0) is 13.1. The third-order valence-corrected chi connectivity index (χ3v) is 5.27. The molecular weight excluding hydrogens is 244 g/mol. The molecule has 0 saturated carbocycles. The molecule has 1 fully saturated rings. The topological polar surface area (TPSA) is 75.7 Å². The molecule has 0 aliphatic carbocycles. The predicted octanol–water partition coefficient (Wildman–Crippen LogP) is -0.438. The van der Waals surface area contributed by atoms with Crippen LogP contribution in [0.15, 0.2) is 0 Å². The normalized spacial score (nSPS) is 24.3. The molecular formula is C10H20N2O4S. The number of sulfonamides is 1. The van der Waals surface area contributed by atoms with Gasteiger partial charge in [-0.3, -0.25) is 4.79 Å². The molecule has 0 spiro atoms. The van der Waals surface area contributed by atoms with Crippen LogP contribution < -0.4 is 5.32 Å². The number of rotatable bonds is 4. The van der Waals surface area contributed by atoms with Crippen molar-refractivity contribution in [2.45, 2.75) is 31.1 Å². The van der Waals surface area contributed by atoms with Gasteiger partial charge in [0.2, 0.25) is 10.0 Å². The molecule has 0 radical (unpaired) electrons.